The number of hydrogen-bond donors (Lipinski definition) is 2. The molecule has 2 atom stereocenters. The average molecular weight is 670 g/mol. The molecule has 2 heterocycles. The molecule has 0 aliphatic carbocycles. The third-order valence-corrected chi connectivity index (χ3v) is 10.3. The zero-order valence-electron chi connectivity index (χ0n) is 28.4. The number of nitrogens with one attached hydrogen (secondary N) is 2. The Morgan fingerprint density at radius 3 is 1.94 bits per heavy atom. The Balaban J connectivity index is 1.05. The molecule has 248 valence electrons. The zero-order chi connectivity index (χ0) is 34.4. The molecule has 0 fully saturated rings. The Kier molecular flexibility index (Phi) is 7.33. The zero-order valence-corrected chi connectivity index (χ0v) is 28.4. The first kappa shape index (κ1) is 30.2. The molecule has 0 spiro atoms. The highest BCUT2D eigenvalue weighted by molar-refractivity contribution is 6.15. The monoisotopic (exact) mass is 669 g/mol. The predicted octanol–water partition coefficient (Wildman–Crippen LogP) is 12.7. The van der Waals surface area contributed by atoms with Crippen LogP contribution in [0, 0.1) is 0 Å². The second-order valence-corrected chi connectivity index (χ2v) is 13.4. The summed E-state index contributed by atoms with van der Waals surface area (Å²) in [6.07, 6.45) is -0.154. The normalized spacial score (nSPS) is 15.4. The highest BCUT2D eigenvalue weighted by Gasteiger charge is 2.30. The number of hydrogen-bond acceptors (Lipinski definition) is 4. The topological polar surface area (TPSA) is 40.4 Å². The SMILES string of the molecule is c1ccc(-c2ccc(N(c3ccccc3)c3cccc(C4Nc5ccccc5C(c5cccc6c5oc5c7ccccc7ccc65)N4)c3)cc2)cc1. The molecule has 0 saturated heterocycles. The minimum Gasteiger partial charge on any atom is -0.455 e. The number of benzene rings is 8. The van der Waals surface area contributed by atoms with Crippen LogP contribution < -0.4 is 15.5 Å². The Bertz CT molecular complexity index is 2700. The Hall–Kier alpha value is -6.62. The van der Waals surface area contributed by atoms with Gasteiger partial charge in [0.1, 0.15) is 17.3 Å². The number of nitrogens with zero attached hydrogens (tertiary/aromatic N) is 1. The first-order valence-electron chi connectivity index (χ1n) is 17.8. The summed E-state index contributed by atoms with van der Waals surface area (Å²) in [5, 5.41) is 12.4. The van der Waals surface area contributed by atoms with Gasteiger partial charge in [-0.3, -0.25) is 5.32 Å². The smallest absolute Gasteiger partial charge is 0.143 e. The number of rotatable bonds is 6. The third-order valence-electron chi connectivity index (χ3n) is 10.3. The molecule has 4 heteroatoms. The van der Waals surface area contributed by atoms with Crippen LogP contribution in [0.1, 0.15) is 28.9 Å². The largest absolute Gasteiger partial charge is 0.455 e. The fourth-order valence-corrected chi connectivity index (χ4v) is 7.85. The van der Waals surface area contributed by atoms with E-state index in [-0.39, 0.29) is 12.2 Å². The molecule has 4 nitrogen and oxygen atoms in total. The van der Waals surface area contributed by atoms with Gasteiger partial charge in [0.25, 0.3) is 0 Å². The van der Waals surface area contributed by atoms with Gasteiger partial charge in [0.2, 0.25) is 0 Å². The van der Waals surface area contributed by atoms with Crippen LogP contribution in [0.2, 0.25) is 0 Å². The van der Waals surface area contributed by atoms with E-state index in [4.69, 9.17) is 4.42 Å². The minimum absolute atomic E-state index is 0.0996. The van der Waals surface area contributed by atoms with Crippen LogP contribution in [0.25, 0.3) is 43.8 Å². The van der Waals surface area contributed by atoms with Gasteiger partial charge in [-0.15, -0.1) is 0 Å². The summed E-state index contributed by atoms with van der Waals surface area (Å²) in [4.78, 5) is 2.33. The van der Waals surface area contributed by atoms with Gasteiger partial charge in [-0.2, -0.15) is 0 Å². The first-order chi connectivity index (χ1) is 25.8. The van der Waals surface area contributed by atoms with Gasteiger partial charge in [-0.1, -0.05) is 140 Å². The van der Waals surface area contributed by atoms with E-state index < -0.39 is 0 Å². The highest BCUT2D eigenvalue weighted by atomic mass is 16.3. The maximum absolute atomic E-state index is 6.82. The molecule has 1 aliphatic rings. The van der Waals surface area contributed by atoms with E-state index in [1.807, 2.05) is 0 Å². The van der Waals surface area contributed by atoms with Gasteiger partial charge >= 0.3 is 0 Å². The van der Waals surface area contributed by atoms with Gasteiger partial charge in [-0.25, -0.2) is 0 Å². The van der Waals surface area contributed by atoms with Gasteiger partial charge in [0.15, 0.2) is 0 Å². The summed E-state index contributed by atoms with van der Waals surface area (Å²) in [5.41, 5.74) is 12.1. The van der Waals surface area contributed by atoms with Crippen molar-refractivity contribution in [3.05, 3.63) is 205 Å². The van der Waals surface area contributed by atoms with Crippen LogP contribution in [-0.4, -0.2) is 0 Å². The predicted molar refractivity (Wildman–Crippen MR) is 216 cm³/mol. The standard InChI is InChI=1S/C48H35N3O/c1-3-13-32(14-4-1)33-25-28-37(29-26-33)51(36-17-5-2-6-18-36)38-19-11-16-35(31-38)48-49-44-24-10-9-21-42(44)45(50-48)43-23-12-22-40-41-30-27-34-15-7-8-20-39(34)46(41)52-47(40)43/h1-31,45,48-50H. The summed E-state index contributed by atoms with van der Waals surface area (Å²) in [6.45, 7) is 0. The van der Waals surface area contributed by atoms with Crippen molar-refractivity contribution in [1.82, 2.24) is 5.32 Å². The van der Waals surface area contributed by atoms with E-state index in [0.717, 1.165) is 61.2 Å². The summed E-state index contributed by atoms with van der Waals surface area (Å²) < 4.78 is 6.82. The molecule has 2 N–H and O–H groups in total. The quantitative estimate of drug-likeness (QED) is 0.185. The summed E-state index contributed by atoms with van der Waals surface area (Å²) in [7, 11) is 0. The lowest BCUT2D eigenvalue weighted by Gasteiger charge is -2.36. The highest BCUT2D eigenvalue weighted by Crippen LogP contribution is 2.43. The lowest BCUT2D eigenvalue weighted by Crippen LogP contribution is -2.37. The van der Waals surface area contributed by atoms with Crippen molar-refractivity contribution >= 4 is 55.5 Å². The molecule has 8 aromatic carbocycles. The van der Waals surface area contributed by atoms with Crippen LogP contribution in [0.3, 0.4) is 0 Å². The molecule has 0 radical (unpaired) electrons. The molecular weight excluding hydrogens is 635 g/mol. The van der Waals surface area contributed by atoms with E-state index in [2.05, 4.69) is 204 Å². The molecule has 10 rings (SSSR count). The Labute approximate surface area is 302 Å². The fraction of sp³-hybridized carbons (Fsp3) is 0.0417. The molecule has 1 aromatic heterocycles. The number of para-hydroxylation sites is 3. The van der Waals surface area contributed by atoms with Crippen molar-refractivity contribution in [3.63, 3.8) is 0 Å². The number of anilines is 4. The molecule has 0 amide bonds. The van der Waals surface area contributed by atoms with Crippen LogP contribution in [0.15, 0.2) is 192 Å². The molecular formula is C48H35N3O. The molecule has 0 saturated carbocycles. The summed E-state index contributed by atoms with van der Waals surface area (Å²) in [5.74, 6) is 0. The van der Waals surface area contributed by atoms with Gasteiger partial charge in [0.05, 0.1) is 6.04 Å². The van der Waals surface area contributed by atoms with Gasteiger partial charge in [-0.05, 0) is 76.2 Å². The molecule has 9 aromatic rings. The summed E-state index contributed by atoms with van der Waals surface area (Å²) >= 11 is 0. The maximum atomic E-state index is 6.82. The van der Waals surface area contributed by atoms with Crippen LogP contribution in [0.5, 0.6) is 0 Å². The van der Waals surface area contributed by atoms with Crippen molar-refractivity contribution in [2.24, 2.45) is 0 Å². The minimum atomic E-state index is -0.154. The molecule has 1 aliphatic heterocycles. The molecule has 0 bridgehead atoms. The molecule has 52 heavy (non-hydrogen) atoms. The van der Waals surface area contributed by atoms with Gasteiger partial charge in [0, 0.05) is 44.5 Å². The summed E-state index contributed by atoms with van der Waals surface area (Å²) in [6, 6.07) is 66.7. The fourth-order valence-electron chi connectivity index (χ4n) is 7.85. The van der Waals surface area contributed by atoms with Crippen molar-refractivity contribution in [1.29, 1.82) is 0 Å². The third kappa shape index (κ3) is 5.20. The second-order valence-electron chi connectivity index (χ2n) is 13.4. The van der Waals surface area contributed by atoms with Crippen LogP contribution in [-0.2, 0) is 0 Å². The van der Waals surface area contributed by atoms with Crippen LogP contribution >= 0.6 is 0 Å². The number of furan rings is 1. The van der Waals surface area contributed by atoms with Crippen molar-refractivity contribution in [2.45, 2.75) is 12.2 Å². The first-order valence-corrected chi connectivity index (χ1v) is 17.8. The van der Waals surface area contributed by atoms with Crippen LogP contribution in [0.4, 0.5) is 22.7 Å². The van der Waals surface area contributed by atoms with E-state index in [1.54, 1.807) is 0 Å². The van der Waals surface area contributed by atoms with Gasteiger partial charge < -0.3 is 14.6 Å². The lowest BCUT2D eigenvalue weighted by atomic mass is 9.92. The van der Waals surface area contributed by atoms with E-state index in [0.29, 0.717) is 0 Å². The van der Waals surface area contributed by atoms with E-state index in [9.17, 15) is 0 Å². The lowest BCUT2D eigenvalue weighted by molar-refractivity contribution is 0.503. The molecule has 2 unspecified atom stereocenters. The van der Waals surface area contributed by atoms with E-state index in [1.165, 1.54) is 22.1 Å². The van der Waals surface area contributed by atoms with Crippen molar-refractivity contribution in [3.8, 4) is 11.1 Å². The average Bonchev–Trinajstić information content (AvgIpc) is 3.61. The van der Waals surface area contributed by atoms with Crippen molar-refractivity contribution < 1.29 is 4.42 Å². The Morgan fingerprint density at radius 1 is 0.442 bits per heavy atom. The Morgan fingerprint density at radius 2 is 1.08 bits per heavy atom. The number of fused-ring (bicyclic) bond motifs is 6. The maximum Gasteiger partial charge on any atom is 0.143 e. The van der Waals surface area contributed by atoms with E-state index >= 15 is 0 Å². The second kappa shape index (κ2) is 12.6. The van der Waals surface area contributed by atoms with Crippen molar-refractivity contribution in [2.75, 3.05) is 10.2 Å².